The standard InChI is InChI=1S/C24H23N/c1-2-17-7-12-21(15-17)23-14-13-19-5-3-4-6-22(19)24(23)20-10-8-18(16-25)9-11-20/h3-6,8-11,13-14,17,21H,2,7,12,15H2,1H3. The monoisotopic (exact) mass is 325 g/mol. The summed E-state index contributed by atoms with van der Waals surface area (Å²) < 4.78 is 0. The van der Waals surface area contributed by atoms with E-state index in [1.54, 1.807) is 0 Å². The first kappa shape index (κ1) is 15.9. The van der Waals surface area contributed by atoms with Gasteiger partial charge in [-0.15, -0.1) is 0 Å². The van der Waals surface area contributed by atoms with Gasteiger partial charge in [-0.1, -0.05) is 61.9 Å². The Morgan fingerprint density at radius 1 is 0.960 bits per heavy atom. The smallest absolute Gasteiger partial charge is 0.0991 e. The normalized spacial score (nSPS) is 19.8. The van der Waals surface area contributed by atoms with Crippen LogP contribution < -0.4 is 0 Å². The molecule has 0 N–H and O–H groups in total. The van der Waals surface area contributed by atoms with E-state index < -0.39 is 0 Å². The summed E-state index contributed by atoms with van der Waals surface area (Å²) in [5.41, 5.74) is 4.80. The van der Waals surface area contributed by atoms with E-state index in [-0.39, 0.29) is 0 Å². The van der Waals surface area contributed by atoms with Crippen LogP contribution >= 0.6 is 0 Å². The van der Waals surface area contributed by atoms with Gasteiger partial charge in [0.05, 0.1) is 11.6 Å². The van der Waals surface area contributed by atoms with Crippen LogP contribution in [-0.4, -0.2) is 0 Å². The number of fused-ring (bicyclic) bond motifs is 1. The molecule has 1 heteroatoms. The van der Waals surface area contributed by atoms with Gasteiger partial charge in [0.15, 0.2) is 0 Å². The van der Waals surface area contributed by atoms with Crippen molar-refractivity contribution in [1.29, 1.82) is 5.26 Å². The van der Waals surface area contributed by atoms with Crippen LogP contribution in [0.4, 0.5) is 0 Å². The first-order valence-electron chi connectivity index (χ1n) is 9.32. The van der Waals surface area contributed by atoms with E-state index in [2.05, 4.69) is 61.5 Å². The fourth-order valence-electron chi connectivity index (χ4n) is 4.39. The van der Waals surface area contributed by atoms with E-state index in [1.165, 1.54) is 53.1 Å². The van der Waals surface area contributed by atoms with Crippen molar-refractivity contribution in [2.75, 3.05) is 0 Å². The van der Waals surface area contributed by atoms with Crippen LogP contribution in [0.25, 0.3) is 21.9 Å². The van der Waals surface area contributed by atoms with Gasteiger partial charge in [-0.05, 0) is 70.7 Å². The summed E-state index contributed by atoms with van der Waals surface area (Å²) in [6.45, 7) is 2.31. The van der Waals surface area contributed by atoms with E-state index in [0.717, 1.165) is 11.5 Å². The fourth-order valence-corrected chi connectivity index (χ4v) is 4.39. The third-order valence-electron chi connectivity index (χ3n) is 5.82. The maximum atomic E-state index is 9.10. The second kappa shape index (κ2) is 6.73. The van der Waals surface area contributed by atoms with Gasteiger partial charge in [-0.3, -0.25) is 0 Å². The van der Waals surface area contributed by atoms with Crippen LogP contribution in [0.2, 0.25) is 0 Å². The Labute approximate surface area is 149 Å². The third kappa shape index (κ3) is 2.94. The summed E-state index contributed by atoms with van der Waals surface area (Å²) in [4.78, 5) is 0. The minimum Gasteiger partial charge on any atom is -0.192 e. The lowest BCUT2D eigenvalue weighted by atomic mass is 9.85. The molecule has 2 atom stereocenters. The lowest BCUT2D eigenvalue weighted by molar-refractivity contribution is 0.521. The van der Waals surface area contributed by atoms with E-state index in [4.69, 9.17) is 5.26 Å². The van der Waals surface area contributed by atoms with Crippen molar-refractivity contribution in [1.82, 2.24) is 0 Å². The molecule has 4 rings (SSSR count). The molecule has 1 aliphatic rings. The minimum absolute atomic E-state index is 0.653. The lowest BCUT2D eigenvalue weighted by Gasteiger charge is -2.19. The molecule has 0 aliphatic heterocycles. The molecule has 0 heterocycles. The summed E-state index contributed by atoms with van der Waals surface area (Å²) in [5.74, 6) is 1.52. The highest BCUT2D eigenvalue weighted by Crippen LogP contribution is 2.45. The number of hydrogen-bond acceptors (Lipinski definition) is 1. The van der Waals surface area contributed by atoms with E-state index in [1.807, 2.05) is 12.1 Å². The Bertz CT molecular complexity index is 930. The molecule has 1 saturated carbocycles. The van der Waals surface area contributed by atoms with Crippen molar-refractivity contribution < 1.29 is 0 Å². The molecular weight excluding hydrogens is 302 g/mol. The highest BCUT2D eigenvalue weighted by molar-refractivity contribution is 5.98. The Balaban J connectivity index is 1.89. The van der Waals surface area contributed by atoms with Crippen LogP contribution in [0.5, 0.6) is 0 Å². The number of nitrogens with zero attached hydrogens (tertiary/aromatic N) is 1. The number of hydrogen-bond donors (Lipinski definition) is 0. The Morgan fingerprint density at radius 3 is 2.48 bits per heavy atom. The lowest BCUT2D eigenvalue weighted by Crippen LogP contribution is -1.99. The molecule has 25 heavy (non-hydrogen) atoms. The molecule has 1 aliphatic carbocycles. The minimum atomic E-state index is 0.653. The molecule has 3 aromatic carbocycles. The molecule has 0 amide bonds. The quantitative estimate of drug-likeness (QED) is 0.527. The van der Waals surface area contributed by atoms with Crippen molar-refractivity contribution >= 4 is 10.8 Å². The first-order chi connectivity index (χ1) is 12.3. The summed E-state index contributed by atoms with van der Waals surface area (Å²) >= 11 is 0. The fraction of sp³-hybridized carbons (Fsp3) is 0.292. The van der Waals surface area contributed by atoms with Crippen molar-refractivity contribution in [2.45, 2.75) is 38.5 Å². The van der Waals surface area contributed by atoms with Gasteiger partial charge < -0.3 is 0 Å². The van der Waals surface area contributed by atoms with Gasteiger partial charge in [0.1, 0.15) is 0 Å². The van der Waals surface area contributed by atoms with Gasteiger partial charge in [0, 0.05) is 0 Å². The zero-order chi connectivity index (χ0) is 17.2. The zero-order valence-electron chi connectivity index (χ0n) is 14.7. The molecule has 124 valence electrons. The molecule has 0 radical (unpaired) electrons. The summed E-state index contributed by atoms with van der Waals surface area (Å²) in [5, 5.41) is 11.7. The largest absolute Gasteiger partial charge is 0.192 e. The average Bonchev–Trinajstić information content (AvgIpc) is 3.16. The second-order valence-electron chi connectivity index (χ2n) is 7.22. The molecular formula is C24H23N. The molecule has 0 saturated heterocycles. The number of nitriles is 1. The first-order valence-corrected chi connectivity index (χ1v) is 9.32. The van der Waals surface area contributed by atoms with Gasteiger partial charge in [-0.2, -0.15) is 5.26 Å². The highest BCUT2D eigenvalue weighted by Gasteiger charge is 2.27. The summed E-state index contributed by atoms with van der Waals surface area (Å²) in [6.07, 6.45) is 5.23. The van der Waals surface area contributed by atoms with Crippen LogP contribution in [0.1, 0.15) is 49.7 Å². The average molecular weight is 325 g/mol. The summed E-state index contributed by atoms with van der Waals surface area (Å²) in [7, 11) is 0. The molecule has 0 bridgehead atoms. The maximum absolute atomic E-state index is 9.10. The van der Waals surface area contributed by atoms with Crippen LogP contribution in [0.3, 0.4) is 0 Å². The topological polar surface area (TPSA) is 23.8 Å². The molecule has 1 nitrogen and oxygen atoms in total. The molecule has 2 unspecified atom stereocenters. The van der Waals surface area contributed by atoms with Gasteiger partial charge >= 0.3 is 0 Å². The predicted octanol–water partition coefficient (Wildman–Crippen LogP) is 6.67. The predicted molar refractivity (Wildman–Crippen MR) is 104 cm³/mol. The zero-order valence-corrected chi connectivity index (χ0v) is 14.7. The van der Waals surface area contributed by atoms with Crippen LogP contribution in [0.15, 0.2) is 60.7 Å². The van der Waals surface area contributed by atoms with Crippen LogP contribution in [-0.2, 0) is 0 Å². The molecule has 1 fully saturated rings. The SMILES string of the molecule is CCC1CCC(c2ccc3ccccc3c2-c2ccc(C#N)cc2)C1. The Hall–Kier alpha value is -2.59. The maximum Gasteiger partial charge on any atom is 0.0991 e. The second-order valence-corrected chi connectivity index (χ2v) is 7.22. The van der Waals surface area contributed by atoms with Crippen molar-refractivity contribution in [2.24, 2.45) is 5.92 Å². The van der Waals surface area contributed by atoms with Crippen molar-refractivity contribution in [3.05, 3.63) is 71.8 Å². The molecule has 3 aromatic rings. The van der Waals surface area contributed by atoms with Gasteiger partial charge in [0.2, 0.25) is 0 Å². The summed E-state index contributed by atoms with van der Waals surface area (Å²) in [6, 6.07) is 23.6. The molecule has 0 spiro atoms. The third-order valence-corrected chi connectivity index (χ3v) is 5.82. The Morgan fingerprint density at radius 2 is 1.76 bits per heavy atom. The van der Waals surface area contributed by atoms with Gasteiger partial charge in [0.25, 0.3) is 0 Å². The Kier molecular flexibility index (Phi) is 4.28. The van der Waals surface area contributed by atoms with E-state index in [9.17, 15) is 0 Å². The van der Waals surface area contributed by atoms with Crippen LogP contribution in [0, 0.1) is 17.2 Å². The highest BCUT2D eigenvalue weighted by atomic mass is 14.3. The van der Waals surface area contributed by atoms with E-state index >= 15 is 0 Å². The van der Waals surface area contributed by atoms with Crippen molar-refractivity contribution in [3.63, 3.8) is 0 Å². The van der Waals surface area contributed by atoms with Gasteiger partial charge in [-0.25, -0.2) is 0 Å². The number of rotatable bonds is 3. The number of benzene rings is 3. The molecule has 0 aromatic heterocycles. The van der Waals surface area contributed by atoms with Crippen molar-refractivity contribution in [3.8, 4) is 17.2 Å². The van der Waals surface area contributed by atoms with E-state index in [0.29, 0.717) is 5.92 Å².